The predicted octanol–water partition coefficient (Wildman–Crippen LogP) is 7.90. The van der Waals surface area contributed by atoms with Gasteiger partial charge in [-0.25, -0.2) is 22.6 Å². The zero-order valence-electron chi connectivity index (χ0n) is 43.3. The van der Waals surface area contributed by atoms with Crippen LogP contribution in [-0.4, -0.2) is 139 Å². The lowest BCUT2D eigenvalue weighted by Crippen LogP contribution is -2.63. The second-order valence-corrected chi connectivity index (χ2v) is 22.8. The molecule has 0 unspecified atom stereocenters. The maximum atomic E-state index is 14.4. The summed E-state index contributed by atoms with van der Waals surface area (Å²) in [7, 11) is -1.63. The fraction of sp³-hybridized carbons (Fsp3) is 0.434. The maximum Gasteiger partial charge on any atom is 0.421 e. The highest BCUT2D eigenvalue weighted by molar-refractivity contribution is 7.90. The van der Waals surface area contributed by atoms with Gasteiger partial charge in [0.25, 0.3) is 0 Å². The highest BCUT2D eigenvalue weighted by Crippen LogP contribution is 2.40. The fourth-order valence-electron chi connectivity index (χ4n) is 8.90. The summed E-state index contributed by atoms with van der Waals surface area (Å²) in [4.78, 5) is 61.2. The summed E-state index contributed by atoms with van der Waals surface area (Å²) in [6.45, 7) is 13.4. The zero-order valence-corrected chi connectivity index (χ0v) is 44.1. The summed E-state index contributed by atoms with van der Waals surface area (Å²) in [5.41, 5.74) is 2.45. The van der Waals surface area contributed by atoms with E-state index in [2.05, 4.69) is 44.7 Å². The molecule has 75 heavy (non-hydrogen) atoms. The molecule has 402 valence electrons. The van der Waals surface area contributed by atoms with E-state index in [-0.39, 0.29) is 61.0 Å². The van der Waals surface area contributed by atoms with Crippen LogP contribution < -0.4 is 20.9 Å². The number of carbonyl (C=O) groups is 3. The number of sulfone groups is 1. The van der Waals surface area contributed by atoms with Gasteiger partial charge >= 0.3 is 12.3 Å². The molecule has 2 aliphatic rings. The van der Waals surface area contributed by atoms with E-state index in [4.69, 9.17) is 14.5 Å². The molecular weight excluding hydrogens is 997 g/mol. The highest BCUT2D eigenvalue weighted by atomic mass is 32.2. The number of benzene rings is 3. The molecule has 3 aromatic carbocycles. The topological polar surface area (TPSA) is 192 Å². The third kappa shape index (κ3) is 15.2. The lowest BCUT2D eigenvalue weighted by Gasteiger charge is -2.46. The number of rotatable bonds is 18. The van der Waals surface area contributed by atoms with Gasteiger partial charge in [-0.2, -0.15) is 18.2 Å². The molecule has 22 heteroatoms. The lowest BCUT2D eigenvalue weighted by atomic mass is 9.91. The molecule has 0 radical (unpaired) electrons. The summed E-state index contributed by atoms with van der Waals surface area (Å²) < 4.78 is 90.8. The number of piperazine rings is 1. The van der Waals surface area contributed by atoms with Crippen molar-refractivity contribution in [3.05, 3.63) is 125 Å². The summed E-state index contributed by atoms with van der Waals surface area (Å²) in [5.74, 6) is -1.49. The normalized spacial score (nSPS) is 16.9. The van der Waals surface area contributed by atoms with Gasteiger partial charge in [-0.3, -0.25) is 19.5 Å². The van der Waals surface area contributed by atoms with Crippen LogP contribution >= 0.6 is 0 Å². The van der Waals surface area contributed by atoms with Gasteiger partial charge in [0.15, 0.2) is 9.84 Å². The Hall–Kier alpha value is -6.75. The third-order valence-corrected chi connectivity index (χ3v) is 13.7. The zero-order chi connectivity index (χ0) is 54.5. The van der Waals surface area contributed by atoms with Crippen LogP contribution in [0.15, 0.2) is 96.2 Å². The Morgan fingerprint density at radius 3 is 2.29 bits per heavy atom. The number of carbonyl (C=O) groups excluding carboxylic acids is 3. The van der Waals surface area contributed by atoms with Gasteiger partial charge < -0.3 is 40.1 Å². The van der Waals surface area contributed by atoms with Crippen molar-refractivity contribution in [2.24, 2.45) is 0 Å². The summed E-state index contributed by atoms with van der Waals surface area (Å²) in [5, 5.41) is 8.27. The number of ether oxygens (including phenoxy) is 2. The van der Waals surface area contributed by atoms with Crippen LogP contribution in [0.3, 0.4) is 0 Å². The molecule has 2 atom stereocenters. The van der Waals surface area contributed by atoms with Gasteiger partial charge in [-0.1, -0.05) is 38.1 Å². The standard InChI is InChI=1S/C53H64F4N10O7S/c1-34-28-65(31-46(69)67-33-52(5,6)47-44(67)24-37(26-58-47)22-35-12-14-38(54)15-13-35)41(30-66(34)50(70)74-51(2,3)4)29-64(7)20-21-73-32-45(68)61-39-16-18-40(19-17-39)62-49-60-27-43(53(55,56)57)48(63-49)59-25-36-10-9-11-42(23-36)75(8,71)72/h9-19,23-24,26-27,34,41H,20-22,25,28-33H2,1-8H3,(H,61,68)(H2,59,60,62,63)/t34-,41+/m1/s1. The summed E-state index contributed by atoms with van der Waals surface area (Å²) >= 11 is 0. The second kappa shape index (κ2) is 23.0. The molecule has 1 saturated heterocycles. The minimum Gasteiger partial charge on any atom is -0.444 e. The SMILES string of the molecule is C[C@@H]1CN(CC(=O)N2CC(C)(C)c3ncc(Cc4ccc(F)cc4)cc32)[C@@H](CN(C)CCOCC(=O)Nc2ccc(Nc3ncc(C(F)(F)F)c(NCc4cccc(S(C)(=O)=O)c4)n3)cc2)CN1C(=O)OC(C)(C)C. The number of pyridine rings is 1. The van der Waals surface area contributed by atoms with Crippen molar-refractivity contribution in [2.45, 2.75) is 88.7 Å². The van der Waals surface area contributed by atoms with Crippen molar-refractivity contribution in [3.63, 3.8) is 0 Å². The average molecular weight is 1060 g/mol. The van der Waals surface area contributed by atoms with Crippen LogP contribution in [-0.2, 0) is 53.5 Å². The molecule has 0 saturated carbocycles. The number of nitrogens with one attached hydrogen (secondary N) is 3. The molecule has 0 aliphatic carbocycles. The van der Waals surface area contributed by atoms with Crippen LogP contribution in [0.25, 0.3) is 0 Å². The van der Waals surface area contributed by atoms with E-state index >= 15 is 0 Å². The molecule has 0 bridgehead atoms. The van der Waals surface area contributed by atoms with E-state index in [1.54, 1.807) is 52.3 Å². The Balaban J connectivity index is 0.926. The Morgan fingerprint density at radius 1 is 0.907 bits per heavy atom. The Bertz CT molecular complexity index is 2960. The van der Waals surface area contributed by atoms with Crippen molar-refractivity contribution in [3.8, 4) is 0 Å². The number of fused-ring (bicyclic) bond motifs is 1. The first kappa shape index (κ1) is 56.0. The van der Waals surface area contributed by atoms with Crippen molar-refractivity contribution < 1.29 is 49.8 Å². The number of amides is 3. The highest BCUT2D eigenvalue weighted by Gasteiger charge is 2.43. The molecule has 17 nitrogen and oxygen atoms in total. The van der Waals surface area contributed by atoms with Crippen molar-refractivity contribution >= 4 is 56.6 Å². The molecule has 3 amide bonds. The minimum absolute atomic E-state index is 0.0282. The molecule has 0 spiro atoms. The van der Waals surface area contributed by atoms with Crippen LogP contribution in [0.1, 0.15) is 69.5 Å². The van der Waals surface area contributed by atoms with Gasteiger partial charge in [0.05, 0.1) is 29.4 Å². The molecule has 3 N–H and O–H groups in total. The monoisotopic (exact) mass is 1060 g/mol. The lowest BCUT2D eigenvalue weighted by molar-refractivity contribution is -0.137. The Labute approximate surface area is 434 Å². The van der Waals surface area contributed by atoms with E-state index in [9.17, 15) is 40.4 Å². The largest absolute Gasteiger partial charge is 0.444 e. The van der Waals surface area contributed by atoms with Gasteiger partial charge in [0, 0.05) is 86.8 Å². The molecule has 7 rings (SSSR count). The van der Waals surface area contributed by atoms with E-state index in [1.807, 2.05) is 51.9 Å². The van der Waals surface area contributed by atoms with Crippen LogP contribution in [0.4, 0.5) is 51.2 Å². The maximum absolute atomic E-state index is 14.4. The first-order valence-corrected chi connectivity index (χ1v) is 26.3. The Kier molecular flexibility index (Phi) is 17.2. The van der Waals surface area contributed by atoms with Crippen LogP contribution in [0.5, 0.6) is 0 Å². The van der Waals surface area contributed by atoms with E-state index in [0.717, 1.165) is 28.8 Å². The van der Waals surface area contributed by atoms with Gasteiger partial charge in [-0.15, -0.1) is 0 Å². The van der Waals surface area contributed by atoms with Crippen molar-refractivity contribution in [1.29, 1.82) is 0 Å². The van der Waals surface area contributed by atoms with Gasteiger partial charge in [0.1, 0.15) is 29.4 Å². The number of hydrogen-bond donors (Lipinski definition) is 3. The minimum atomic E-state index is -4.78. The molecule has 5 aromatic rings. The van der Waals surface area contributed by atoms with Crippen molar-refractivity contribution in [1.82, 2.24) is 29.7 Å². The molecule has 2 aromatic heterocycles. The number of alkyl halides is 3. The predicted molar refractivity (Wildman–Crippen MR) is 277 cm³/mol. The molecule has 1 fully saturated rings. The molecular formula is C53H64F4N10O7S. The van der Waals surface area contributed by atoms with Gasteiger partial charge in [0.2, 0.25) is 17.8 Å². The molecule has 2 aliphatic heterocycles. The first-order valence-electron chi connectivity index (χ1n) is 24.4. The first-order chi connectivity index (χ1) is 35.2. The van der Waals surface area contributed by atoms with Crippen LogP contribution in [0, 0.1) is 5.82 Å². The summed E-state index contributed by atoms with van der Waals surface area (Å²) in [6, 6.07) is 20.0. The van der Waals surface area contributed by atoms with Crippen molar-refractivity contribution in [2.75, 3.05) is 86.6 Å². The van der Waals surface area contributed by atoms with Gasteiger partial charge in [-0.05, 0) is 112 Å². The summed E-state index contributed by atoms with van der Waals surface area (Å²) in [6.07, 6.45) is -1.19. The number of nitrogens with zero attached hydrogens (tertiary/aromatic N) is 7. The number of halogens is 4. The number of aromatic nitrogens is 3. The quantitative estimate of drug-likeness (QED) is 0.0567. The van der Waals surface area contributed by atoms with E-state index < -0.39 is 50.4 Å². The smallest absolute Gasteiger partial charge is 0.421 e. The van der Waals surface area contributed by atoms with E-state index in [1.165, 1.54) is 30.3 Å². The number of anilines is 5. The number of hydrogen-bond acceptors (Lipinski definition) is 14. The fourth-order valence-corrected chi connectivity index (χ4v) is 9.59. The second-order valence-electron chi connectivity index (χ2n) is 20.7. The van der Waals surface area contributed by atoms with Crippen LogP contribution in [0.2, 0.25) is 0 Å². The third-order valence-electron chi connectivity index (χ3n) is 12.6. The molecule has 4 heterocycles. The average Bonchev–Trinajstić information content (AvgIpc) is 3.60. The Morgan fingerprint density at radius 2 is 1.61 bits per heavy atom. The van der Waals surface area contributed by atoms with E-state index in [0.29, 0.717) is 62.3 Å². The number of likely N-dealkylation sites (N-methyl/N-ethyl adjacent to an activating group) is 1.